The van der Waals surface area contributed by atoms with Gasteiger partial charge in [0.25, 0.3) is 0 Å². The van der Waals surface area contributed by atoms with Crippen LogP contribution in [0.25, 0.3) is 0 Å². The molecule has 0 radical (unpaired) electrons. The second-order valence-corrected chi connectivity index (χ2v) is 2.91. The van der Waals surface area contributed by atoms with Crippen LogP contribution in [-0.4, -0.2) is 0 Å². The molecule has 0 saturated carbocycles. The number of hydrogen-bond donors (Lipinski definition) is 2. The Morgan fingerprint density at radius 1 is 1.38 bits per heavy atom. The Bertz CT molecular complexity index is 358. The van der Waals surface area contributed by atoms with Crippen LogP contribution in [0.2, 0.25) is 0 Å². The number of fused-ring (bicyclic) bond motifs is 1. The van der Waals surface area contributed by atoms with Gasteiger partial charge in [-0.05, 0) is 12.1 Å². The van der Waals surface area contributed by atoms with Gasteiger partial charge in [0, 0.05) is 6.42 Å². The lowest BCUT2D eigenvalue weighted by Gasteiger charge is -2.21. The summed E-state index contributed by atoms with van der Waals surface area (Å²) in [5, 5.41) is 3.09. The van der Waals surface area contributed by atoms with E-state index in [-0.39, 0.29) is 0 Å². The third kappa shape index (κ3) is 1.33. The Morgan fingerprint density at radius 3 is 2.92 bits per heavy atom. The van der Waals surface area contributed by atoms with E-state index in [9.17, 15) is 0 Å². The van der Waals surface area contributed by atoms with Gasteiger partial charge in [-0.25, -0.2) is 0 Å². The van der Waals surface area contributed by atoms with Gasteiger partial charge in [0.05, 0.1) is 5.69 Å². The molecule has 1 aliphatic heterocycles. The quantitative estimate of drug-likeness (QED) is 0.688. The molecule has 0 fully saturated rings. The van der Waals surface area contributed by atoms with Crippen LogP contribution in [0.1, 0.15) is 13.3 Å². The Morgan fingerprint density at radius 2 is 2.15 bits per heavy atom. The summed E-state index contributed by atoms with van der Waals surface area (Å²) in [6, 6.07) is 7.74. The summed E-state index contributed by atoms with van der Waals surface area (Å²) in [5.74, 6) is 2.26. The van der Waals surface area contributed by atoms with Gasteiger partial charge in [-0.3, -0.25) is 0 Å². The van der Waals surface area contributed by atoms with Gasteiger partial charge < -0.3 is 15.8 Å². The molecular formula is C10H12N2O. The van der Waals surface area contributed by atoms with Crippen molar-refractivity contribution >= 4 is 5.69 Å². The summed E-state index contributed by atoms with van der Waals surface area (Å²) in [6.45, 7) is 2.01. The molecule has 13 heavy (non-hydrogen) atoms. The Hall–Kier alpha value is -1.64. The number of rotatable bonds is 1. The van der Waals surface area contributed by atoms with Gasteiger partial charge in [0.2, 0.25) is 0 Å². The molecule has 0 spiro atoms. The van der Waals surface area contributed by atoms with Crippen molar-refractivity contribution in [3.8, 4) is 5.75 Å². The number of hydrogen-bond acceptors (Lipinski definition) is 3. The van der Waals surface area contributed by atoms with Crippen molar-refractivity contribution in [2.45, 2.75) is 13.3 Å². The Kier molecular flexibility index (Phi) is 1.85. The topological polar surface area (TPSA) is 47.3 Å². The fraction of sp³-hybridized carbons (Fsp3) is 0.200. The standard InChI is InChI=1S/C10H12N2O/c1-2-8-10(11)12-7-5-3-4-6-9(7)13-8/h3-6,12H,2,11H2,1H3. The highest BCUT2D eigenvalue weighted by atomic mass is 16.5. The molecule has 1 aliphatic rings. The molecule has 3 heteroatoms. The molecule has 0 aliphatic carbocycles. The molecule has 2 rings (SSSR count). The Balaban J connectivity index is 2.37. The molecule has 0 saturated heterocycles. The van der Waals surface area contributed by atoms with Crippen molar-refractivity contribution in [1.82, 2.24) is 0 Å². The average molecular weight is 176 g/mol. The lowest BCUT2D eigenvalue weighted by atomic mass is 10.2. The fourth-order valence-electron chi connectivity index (χ4n) is 1.32. The van der Waals surface area contributed by atoms with E-state index in [1.54, 1.807) is 0 Å². The van der Waals surface area contributed by atoms with Gasteiger partial charge in [0.15, 0.2) is 5.75 Å². The van der Waals surface area contributed by atoms with E-state index in [4.69, 9.17) is 10.5 Å². The third-order valence-corrected chi connectivity index (χ3v) is 2.01. The molecule has 1 aromatic carbocycles. The van der Waals surface area contributed by atoms with Crippen LogP contribution in [0, 0.1) is 0 Å². The highest BCUT2D eigenvalue weighted by molar-refractivity contribution is 5.61. The number of nitrogens with two attached hydrogens (primary N) is 1. The maximum Gasteiger partial charge on any atom is 0.150 e. The van der Waals surface area contributed by atoms with Gasteiger partial charge >= 0.3 is 0 Å². The van der Waals surface area contributed by atoms with Gasteiger partial charge in [-0.15, -0.1) is 0 Å². The van der Waals surface area contributed by atoms with Crippen molar-refractivity contribution in [2.24, 2.45) is 5.73 Å². The molecule has 1 heterocycles. The van der Waals surface area contributed by atoms with Crippen molar-refractivity contribution in [3.63, 3.8) is 0 Å². The molecule has 68 valence electrons. The first-order valence-electron chi connectivity index (χ1n) is 4.33. The zero-order chi connectivity index (χ0) is 9.26. The minimum Gasteiger partial charge on any atom is -0.456 e. The SMILES string of the molecule is CCC1=C(N)Nc2ccccc2O1. The number of anilines is 1. The van der Waals surface area contributed by atoms with Crippen molar-refractivity contribution in [2.75, 3.05) is 5.32 Å². The summed E-state index contributed by atoms with van der Waals surface area (Å²) < 4.78 is 5.59. The van der Waals surface area contributed by atoms with Crippen LogP contribution in [0.15, 0.2) is 35.8 Å². The van der Waals surface area contributed by atoms with E-state index < -0.39 is 0 Å². The monoisotopic (exact) mass is 176 g/mol. The fourth-order valence-corrected chi connectivity index (χ4v) is 1.32. The molecule has 1 aromatic rings. The largest absolute Gasteiger partial charge is 0.456 e. The van der Waals surface area contributed by atoms with Crippen molar-refractivity contribution in [3.05, 3.63) is 35.8 Å². The van der Waals surface area contributed by atoms with E-state index >= 15 is 0 Å². The first-order valence-corrected chi connectivity index (χ1v) is 4.33. The molecule has 0 amide bonds. The summed E-state index contributed by atoms with van der Waals surface area (Å²) in [6.07, 6.45) is 0.799. The van der Waals surface area contributed by atoms with Crippen LogP contribution in [0.4, 0.5) is 5.69 Å². The van der Waals surface area contributed by atoms with Crippen LogP contribution >= 0.6 is 0 Å². The first-order chi connectivity index (χ1) is 6.31. The van der Waals surface area contributed by atoms with Crippen LogP contribution in [0.3, 0.4) is 0 Å². The van der Waals surface area contributed by atoms with Crippen LogP contribution < -0.4 is 15.8 Å². The minimum atomic E-state index is 0.612. The van der Waals surface area contributed by atoms with Crippen molar-refractivity contribution in [1.29, 1.82) is 0 Å². The molecule has 0 aromatic heterocycles. The van der Waals surface area contributed by atoms with Gasteiger partial charge in [-0.2, -0.15) is 0 Å². The molecule has 0 atom stereocenters. The normalized spacial score (nSPS) is 14.5. The maximum atomic E-state index is 5.75. The number of allylic oxidation sites excluding steroid dienone is 1. The number of benzene rings is 1. The van der Waals surface area contributed by atoms with Crippen molar-refractivity contribution < 1.29 is 4.74 Å². The predicted molar refractivity (Wildman–Crippen MR) is 52.2 cm³/mol. The maximum absolute atomic E-state index is 5.75. The number of ether oxygens (including phenoxy) is 1. The van der Waals surface area contributed by atoms with E-state index in [0.717, 1.165) is 23.6 Å². The summed E-state index contributed by atoms with van der Waals surface area (Å²) in [7, 11) is 0. The van der Waals surface area contributed by atoms with E-state index in [1.807, 2.05) is 31.2 Å². The average Bonchev–Trinajstić information content (AvgIpc) is 2.17. The molecule has 0 unspecified atom stereocenters. The molecule has 3 nitrogen and oxygen atoms in total. The third-order valence-electron chi connectivity index (χ3n) is 2.01. The highest BCUT2D eigenvalue weighted by Gasteiger charge is 2.14. The first kappa shape index (κ1) is 7.98. The zero-order valence-electron chi connectivity index (χ0n) is 7.50. The lowest BCUT2D eigenvalue weighted by Crippen LogP contribution is -2.19. The minimum absolute atomic E-state index is 0.612. The van der Waals surface area contributed by atoms with Gasteiger partial charge in [-0.1, -0.05) is 19.1 Å². The van der Waals surface area contributed by atoms with E-state index in [2.05, 4.69) is 5.32 Å². The number of nitrogens with one attached hydrogen (secondary N) is 1. The lowest BCUT2D eigenvalue weighted by molar-refractivity contribution is 0.397. The van der Waals surface area contributed by atoms with E-state index in [1.165, 1.54) is 0 Å². The smallest absolute Gasteiger partial charge is 0.150 e. The summed E-state index contributed by atoms with van der Waals surface area (Å²) >= 11 is 0. The molecule has 0 bridgehead atoms. The van der Waals surface area contributed by atoms with E-state index in [0.29, 0.717) is 5.82 Å². The summed E-state index contributed by atoms with van der Waals surface area (Å²) in [4.78, 5) is 0. The molecular weight excluding hydrogens is 164 g/mol. The molecule has 3 N–H and O–H groups in total. The van der Waals surface area contributed by atoms with Crippen LogP contribution in [0.5, 0.6) is 5.75 Å². The Labute approximate surface area is 77.2 Å². The summed E-state index contributed by atoms with van der Waals surface area (Å²) in [5.41, 5.74) is 6.68. The second kappa shape index (κ2) is 3.01. The second-order valence-electron chi connectivity index (χ2n) is 2.91. The van der Waals surface area contributed by atoms with Crippen LogP contribution in [-0.2, 0) is 0 Å². The highest BCUT2D eigenvalue weighted by Crippen LogP contribution is 2.31. The van der Waals surface area contributed by atoms with Gasteiger partial charge in [0.1, 0.15) is 11.6 Å². The number of para-hydroxylation sites is 2. The predicted octanol–water partition coefficient (Wildman–Crippen LogP) is 2.03. The zero-order valence-corrected chi connectivity index (χ0v) is 7.50.